The summed E-state index contributed by atoms with van der Waals surface area (Å²) in [5.74, 6) is -0.160. The molecule has 0 N–H and O–H groups in total. The van der Waals surface area contributed by atoms with E-state index in [1.807, 2.05) is 0 Å². The highest BCUT2D eigenvalue weighted by Gasteiger charge is 2.29. The minimum absolute atomic E-state index is 0.0757. The highest BCUT2D eigenvalue weighted by molar-refractivity contribution is 7.89. The molecule has 0 aliphatic carbocycles. The van der Waals surface area contributed by atoms with E-state index in [4.69, 9.17) is 0 Å². The summed E-state index contributed by atoms with van der Waals surface area (Å²) in [5.41, 5.74) is 0. The van der Waals surface area contributed by atoms with Crippen molar-refractivity contribution in [3.63, 3.8) is 0 Å². The maximum absolute atomic E-state index is 12.3. The lowest BCUT2D eigenvalue weighted by Gasteiger charge is -2.19. The SMILES string of the molecule is CN1CCCN(S(=O)(=O)c2ccccc2)CC1=O. The van der Waals surface area contributed by atoms with Crippen molar-refractivity contribution in [2.75, 3.05) is 26.7 Å². The van der Waals surface area contributed by atoms with E-state index in [2.05, 4.69) is 0 Å². The normalized spacial score (nSPS) is 18.7. The van der Waals surface area contributed by atoms with E-state index in [9.17, 15) is 13.2 Å². The van der Waals surface area contributed by atoms with Gasteiger partial charge in [-0.2, -0.15) is 4.31 Å². The Bertz CT molecular complexity index is 528. The fourth-order valence-electron chi connectivity index (χ4n) is 1.91. The molecule has 1 amide bonds. The number of hydrogen-bond donors (Lipinski definition) is 0. The third-order valence-electron chi connectivity index (χ3n) is 3.02. The lowest BCUT2D eigenvalue weighted by Crippen LogP contribution is -2.37. The quantitative estimate of drug-likeness (QED) is 0.786. The van der Waals surface area contributed by atoms with Crippen molar-refractivity contribution in [3.8, 4) is 0 Å². The average Bonchev–Trinajstić information content (AvgIpc) is 2.54. The molecule has 6 heteroatoms. The number of carbonyl (C=O) groups excluding carboxylic acids is 1. The van der Waals surface area contributed by atoms with Gasteiger partial charge >= 0.3 is 0 Å². The van der Waals surface area contributed by atoms with Gasteiger partial charge in [0, 0.05) is 20.1 Å². The maximum atomic E-state index is 12.3. The van der Waals surface area contributed by atoms with Gasteiger partial charge in [0.05, 0.1) is 11.4 Å². The van der Waals surface area contributed by atoms with Crippen molar-refractivity contribution in [1.82, 2.24) is 9.21 Å². The summed E-state index contributed by atoms with van der Waals surface area (Å²) in [6.07, 6.45) is 0.661. The van der Waals surface area contributed by atoms with Crippen molar-refractivity contribution in [2.24, 2.45) is 0 Å². The number of hydrogen-bond acceptors (Lipinski definition) is 3. The highest BCUT2D eigenvalue weighted by Crippen LogP contribution is 2.17. The fraction of sp³-hybridized carbons (Fsp3) is 0.417. The molecule has 0 radical (unpaired) electrons. The van der Waals surface area contributed by atoms with E-state index in [-0.39, 0.29) is 17.3 Å². The first-order valence-corrected chi connectivity index (χ1v) is 7.25. The van der Waals surface area contributed by atoms with E-state index in [1.165, 1.54) is 4.31 Å². The largest absolute Gasteiger partial charge is 0.345 e. The topological polar surface area (TPSA) is 57.7 Å². The summed E-state index contributed by atoms with van der Waals surface area (Å²) in [6.45, 7) is 0.903. The Kier molecular flexibility index (Phi) is 3.68. The van der Waals surface area contributed by atoms with Gasteiger partial charge in [-0.05, 0) is 18.6 Å². The first-order chi connectivity index (χ1) is 8.51. The van der Waals surface area contributed by atoms with Gasteiger partial charge < -0.3 is 4.90 Å². The molecular formula is C12H16N2O3S. The molecule has 98 valence electrons. The van der Waals surface area contributed by atoms with Gasteiger partial charge in [-0.25, -0.2) is 8.42 Å². The fourth-order valence-corrected chi connectivity index (χ4v) is 3.36. The Morgan fingerprint density at radius 3 is 2.44 bits per heavy atom. The molecule has 2 rings (SSSR count). The van der Waals surface area contributed by atoms with Crippen LogP contribution in [-0.2, 0) is 14.8 Å². The Labute approximate surface area is 107 Å². The van der Waals surface area contributed by atoms with Crippen LogP contribution in [0.4, 0.5) is 0 Å². The minimum Gasteiger partial charge on any atom is -0.345 e. The van der Waals surface area contributed by atoms with Crippen LogP contribution in [0.3, 0.4) is 0 Å². The third-order valence-corrected chi connectivity index (χ3v) is 4.88. The summed E-state index contributed by atoms with van der Waals surface area (Å²) in [6, 6.07) is 8.22. The molecular weight excluding hydrogens is 252 g/mol. The van der Waals surface area contributed by atoms with Crippen molar-refractivity contribution in [3.05, 3.63) is 30.3 Å². The number of benzene rings is 1. The molecule has 1 aliphatic rings. The molecule has 5 nitrogen and oxygen atoms in total. The number of likely N-dealkylation sites (N-methyl/N-ethyl adjacent to an activating group) is 1. The summed E-state index contributed by atoms with van der Waals surface area (Å²) in [7, 11) is -1.86. The Balaban J connectivity index is 2.28. The molecule has 1 saturated heterocycles. The zero-order chi connectivity index (χ0) is 13.2. The molecule has 0 saturated carbocycles. The molecule has 0 atom stereocenters. The van der Waals surface area contributed by atoms with Crippen LogP contribution in [0.25, 0.3) is 0 Å². The van der Waals surface area contributed by atoms with Crippen molar-refractivity contribution in [2.45, 2.75) is 11.3 Å². The number of amides is 1. The highest BCUT2D eigenvalue weighted by atomic mass is 32.2. The van der Waals surface area contributed by atoms with E-state index in [0.29, 0.717) is 19.5 Å². The van der Waals surface area contributed by atoms with Gasteiger partial charge in [-0.3, -0.25) is 4.79 Å². The molecule has 0 spiro atoms. The molecule has 1 aromatic carbocycles. The molecule has 1 aromatic rings. The molecule has 0 bridgehead atoms. The van der Waals surface area contributed by atoms with Gasteiger partial charge in [0.25, 0.3) is 0 Å². The number of carbonyl (C=O) groups is 1. The number of nitrogens with zero attached hydrogens (tertiary/aromatic N) is 2. The Hall–Kier alpha value is -1.40. The number of rotatable bonds is 2. The van der Waals surface area contributed by atoms with Crippen LogP contribution in [0.2, 0.25) is 0 Å². The Morgan fingerprint density at radius 2 is 1.78 bits per heavy atom. The van der Waals surface area contributed by atoms with Gasteiger partial charge in [-0.1, -0.05) is 18.2 Å². The smallest absolute Gasteiger partial charge is 0.243 e. The first kappa shape index (κ1) is 13.0. The molecule has 1 fully saturated rings. The van der Waals surface area contributed by atoms with Crippen LogP contribution in [0, 0.1) is 0 Å². The van der Waals surface area contributed by atoms with Gasteiger partial charge in [0.15, 0.2) is 0 Å². The van der Waals surface area contributed by atoms with Crippen LogP contribution < -0.4 is 0 Å². The standard InChI is InChI=1S/C12H16N2O3S/c1-13-8-5-9-14(10-12(13)15)18(16,17)11-6-3-2-4-7-11/h2-4,6-7H,5,8-10H2,1H3. The maximum Gasteiger partial charge on any atom is 0.243 e. The van der Waals surface area contributed by atoms with Crippen molar-refractivity contribution < 1.29 is 13.2 Å². The summed E-state index contributed by atoms with van der Waals surface area (Å²) in [4.78, 5) is 13.5. The molecule has 1 heterocycles. The van der Waals surface area contributed by atoms with Crippen LogP contribution in [0.1, 0.15) is 6.42 Å². The van der Waals surface area contributed by atoms with Crippen molar-refractivity contribution >= 4 is 15.9 Å². The van der Waals surface area contributed by atoms with Crippen LogP contribution in [0.5, 0.6) is 0 Å². The summed E-state index contributed by atoms with van der Waals surface area (Å²) in [5, 5.41) is 0. The van der Waals surface area contributed by atoms with Crippen molar-refractivity contribution in [1.29, 1.82) is 0 Å². The molecule has 0 unspecified atom stereocenters. The first-order valence-electron chi connectivity index (χ1n) is 5.81. The van der Waals surface area contributed by atoms with E-state index in [0.717, 1.165) is 0 Å². The zero-order valence-electron chi connectivity index (χ0n) is 10.2. The second-order valence-corrected chi connectivity index (χ2v) is 6.26. The van der Waals surface area contributed by atoms with Crippen LogP contribution in [-0.4, -0.2) is 50.2 Å². The number of sulfonamides is 1. The lowest BCUT2D eigenvalue weighted by atomic mass is 10.4. The predicted octanol–water partition coefficient (Wildman–Crippen LogP) is 0.539. The van der Waals surface area contributed by atoms with Gasteiger partial charge in [-0.15, -0.1) is 0 Å². The summed E-state index contributed by atoms with van der Waals surface area (Å²) < 4.78 is 26.0. The lowest BCUT2D eigenvalue weighted by molar-refractivity contribution is -0.129. The minimum atomic E-state index is -3.56. The second kappa shape index (κ2) is 5.07. The Morgan fingerprint density at radius 1 is 1.11 bits per heavy atom. The predicted molar refractivity (Wildman–Crippen MR) is 67.5 cm³/mol. The summed E-state index contributed by atoms with van der Waals surface area (Å²) >= 11 is 0. The molecule has 1 aliphatic heterocycles. The van der Waals surface area contributed by atoms with E-state index in [1.54, 1.807) is 42.3 Å². The zero-order valence-corrected chi connectivity index (χ0v) is 11.1. The monoisotopic (exact) mass is 268 g/mol. The average molecular weight is 268 g/mol. The van der Waals surface area contributed by atoms with Crippen LogP contribution in [0.15, 0.2) is 35.2 Å². The van der Waals surface area contributed by atoms with E-state index < -0.39 is 10.0 Å². The van der Waals surface area contributed by atoms with Gasteiger partial charge in [0.1, 0.15) is 0 Å². The van der Waals surface area contributed by atoms with E-state index >= 15 is 0 Å². The second-order valence-electron chi connectivity index (χ2n) is 4.32. The third kappa shape index (κ3) is 2.54. The van der Waals surface area contributed by atoms with Crippen LogP contribution >= 0.6 is 0 Å². The van der Waals surface area contributed by atoms with Gasteiger partial charge in [0.2, 0.25) is 15.9 Å². The molecule has 0 aromatic heterocycles. The molecule has 18 heavy (non-hydrogen) atoms.